The van der Waals surface area contributed by atoms with E-state index in [2.05, 4.69) is 6.58 Å². The van der Waals surface area contributed by atoms with E-state index in [0.29, 0.717) is 21.9 Å². The Bertz CT molecular complexity index is 1150. The minimum atomic E-state index is -0.985. The summed E-state index contributed by atoms with van der Waals surface area (Å²) < 4.78 is 39.8. The predicted octanol–water partition coefficient (Wildman–Crippen LogP) is 6.42. The molecule has 4 nitrogen and oxygen atoms in total. The highest BCUT2D eigenvalue weighted by molar-refractivity contribution is 6.30. The van der Waals surface area contributed by atoms with E-state index in [0.717, 1.165) is 11.6 Å². The lowest BCUT2D eigenvalue weighted by atomic mass is 9.97. The molecule has 0 N–H and O–H groups in total. The van der Waals surface area contributed by atoms with Crippen molar-refractivity contribution in [2.75, 3.05) is 6.61 Å². The van der Waals surface area contributed by atoms with Crippen LogP contribution >= 0.6 is 11.6 Å². The molecule has 1 aliphatic rings. The highest BCUT2D eigenvalue weighted by atomic mass is 35.5. The number of hydrogen-bond donors (Lipinski definition) is 0. The first kappa shape index (κ1) is 21.8. The van der Waals surface area contributed by atoms with Crippen LogP contribution in [0.2, 0.25) is 5.02 Å². The van der Waals surface area contributed by atoms with Crippen molar-refractivity contribution >= 4 is 17.7 Å². The van der Waals surface area contributed by atoms with E-state index in [1.807, 2.05) is 30.3 Å². The van der Waals surface area contributed by atoms with Crippen LogP contribution in [0.15, 0.2) is 73.3 Å². The van der Waals surface area contributed by atoms with E-state index in [-0.39, 0.29) is 25.3 Å². The molecule has 0 radical (unpaired) electrons. The largest absolute Gasteiger partial charge is 0.489 e. The van der Waals surface area contributed by atoms with Gasteiger partial charge in [0.25, 0.3) is 0 Å². The molecule has 3 aromatic rings. The van der Waals surface area contributed by atoms with Gasteiger partial charge in [0.15, 0.2) is 11.6 Å². The smallest absolute Gasteiger partial charge is 0.411 e. The molecule has 0 bridgehead atoms. The Labute approximate surface area is 189 Å². The lowest BCUT2D eigenvalue weighted by Crippen LogP contribution is -2.31. The van der Waals surface area contributed by atoms with E-state index >= 15 is 0 Å². The minimum Gasteiger partial charge on any atom is -0.489 e. The van der Waals surface area contributed by atoms with Crippen molar-refractivity contribution in [1.82, 2.24) is 4.90 Å². The minimum absolute atomic E-state index is 0.0471. The van der Waals surface area contributed by atoms with Crippen molar-refractivity contribution < 1.29 is 23.0 Å². The summed E-state index contributed by atoms with van der Waals surface area (Å²) in [7, 11) is 0. The monoisotopic (exact) mass is 455 g/mol. The van der Waals surface area contributed by atoms with Crippen molar-refractivity contribution in [3.8, 4) is 5.75 Å². The Balaban J connectivity index is 1.73. The number of hydrogen-bond acceptors (Lipinski definition) is 3. The number of halogens is 3. The molecule has 0 aromatic heterocycles. The molecule has 4 rings (SSSR count). The third-order valence-corrected chi connectivity index (χ3v) is 5.46. The maximum absolute atomic E-state index is 14.6. The fourth-order valence-electron chi connectivity index (χ4n) is 3.77. The average Bonchev–Trinajstić information content (AvgIpc) is 3.20. The average molecular weight is 456 g/mol. The second kappa shape index (κ2) is 9.40. The van der Waals surface area contributed by atoms with E-state index < -0.39 is 23.8 Å². The van der Waals surface area contributed by atoms with Gasteiger partial charge < -0.3 is 9.47 Å². The summed E-state index contributed by atoms with van der Waals surface area (Å²) in [4.78, 5) is 14.4. The maximum Gasteiger partial charge on any atom is 0.411 e. The molecule has 0 aliphatic carbocycles. The first-order valence-corrected chi connectivity index (χ1v) is 10.3. The highest BCUT2D eigenvalue weighted by Crippen LogP contribution is 2.44. The van der Waals surface area contributed by atoms with Crippen LogP contribution in [0, 0.1) is 11.6 Å². The second-order valence-corrected chi connectivity index (χ2v) is 7.72. The number of carbonyl (C=O) groups excluding carboxylic acids is 1. The summed E-state index contributed by atoms with van der Waals surface area (Å²) in [5.41, 5.74) is 1.90. The molecule has 7 heteroatoms. The van der Waals surface area contributed by atoms with Crippen LogP contribution in [0.25, 0.3) is 0 Å². The molecule has 1 aliphatic heterocycles. The number of rotatable bonds is 6. The lowest BCUT2D eigenvalue weighted by Gasteiger charge is -2.26. The van der Waals surface area contributed by atoms with Gasteiger partial charge in [0.05, 0.1) is 12.6 Å². The quantitative estimate of drug-likeness (QED) is 0.402. The van der Waals surface area contributed by atoms with Gasteiger partial charge in [0.1, 0.15) is 19.0 Å². The van der Waals surface area contributed by atoms with Crippen LogP contribution in [0.5, 0.6) is 5.75 Å². The Morgan fingerprint density at radius 3 is 2.66 bits per heavy atom. The van der Waals surface area contributed by atoms with Gasteiger partial charge in [-0.1, -0.05) is 60.7 Å². The van der Waals surface area contributed by atoms with Crippen molar-refractivity contribution in [3.63, 3.8) is 0 Å². The van der Waals surface area contributed by atoms with E-state index in [9.17, 15) is 13.6 Å². The second-order valence-electron chi connectivity index (χ2n) is 7.28. The predicted molar refractivity (Wildman–Crippen MR) is 118 cm³/mol. The van der Waals surface area contributed by atoms with Crippen LogP contribution in [-0.2, 0) is 17.9 Å². The first-order chi connectivity index (χ1) is 15.5. The summed E-state index contributed by atoms with van der Waals surface area (Å²) in [5.74, 6) is -1.50. The van der Waals surface area contributed by atoms with Gasteiger partial charge in [-0.2, -0.15) is 0 Å². The number of fused-ring (bicyclic) bond motifs is 1. The third-order valence-electron chi connectivity index (χ3n) is 5.23. The molecule has 164 valence electrons. The van der Waals surface area contributed by atoms with Crippen LogP contribution in [-0.4, -0.2) is 17.6 Å². The summed E-state index contributed by atoms with van der Waals surface area (Å²) in [6, 6.07) is 15.9. The Hall–Kier alpha value is -3.38. The highest BCUT2D eigenvalue weighted by Gasteiger charge is 2.39. The summed E-state index contributed by atoms with van der Waals surface area (Å²) in [6.45, 7) is 3.77. The SMILES string of the molecule is C=CCOc1ccc(Cl)cc1C1c2ccc(F)c(F)c2CN1C(=O)OCc1ccccc1. The van der Waals surface area contributed by atoms with Crippen LogP contribution < -0.4 is 4.74 Å². The maximum atomic E-state index is 14.6. The molecule has 0 spiro atoms. The number of benzene rings is 3. The molecule has 1 unspecified atom stereocenters. The van der Waals surface area contributed by atoms with Gasteiger partial charge in [0.2, 0.25) is 0 Å². The molecule has 0 saturated carbocycles. The molecule has 0 fully saturated rings. The first-order valence-electron chi connectivity index (χ1n) is 9.97. The standard InChI is InChI=1S/C25H20ClF2NO3/c1-2-12-31-22-11-8-17(26)13-19(22)24-18-9-10-21(27)23(28)20(18)14-29(24)25(30)32-15-16-6-4-3-5-7-16/h2-11,13,24H,1,12,14-15H2. The Morgan fingerprint density at radius 2 is 1.91 bits per heavy atom. The summed E-state index contributed by atoms with van der Waals surface area (Å²) >= 11 is 6.24. The van der Waals surface area contributed by atoms with Crippen LogP contribution in [0.3, 0.4) is 0 Å². The lowest BCUT2D eigenvalue weighted by molar-refractivity contribution is 0.0881. The van der Waals surface area contributed by atoms with Gasteiger partial charge in [-0.05, 0) is 35.4 Å². The van der Waals surface area contributed by atoms with Gasteiger partial charge in [-0.25, -0.2) is 13.6 Å². The zero-order valence-corrected chi connectivity index (χ0v) is 17.8. The van der Waals surface area contributed by atoms with Gasteiger partial charge >= 0.3 is 6.09 Å². The normalized spacial score (nSPS) is 14.7. The molecule has 1 heterocycles. The third kappa shape index (κ3) is 4.32. The number of nitrogens with zero attached hydrogens (tertiary/aromatic N) is 1. The summed E-state index contributed by atoms with van der Waals surface area (Å²) in [6.07, 6.45) is 0.923. The van der Waals surface area contributed by atoms with Crippen molar-refractivity contribution in [1.29, 1.82) is 0 Å². The number of ether oxygens (including phenoxy) is 2. The molecule has 3 aromatic carbocycles. The number of carbonyl (C=O) groups is 1. The molecular weight excluding hydrogens is 436 g/mol. The van der Waals surface area contributed by atoms with Gasteiger partial charge in [-0.15, -0.1) is 0 Å². The zero-order valence-electron chi connectivity index (χ0n) is 17.1. The van der Waals surface area contributed by atoms with Crippen LogP contribution in [0.1, 0.15) is 28.3 Å². The van der Waals surface area contributed by atoms with Crippen molar-refractivity contribution in [2.45, 2.75) is 19.2 Å². The molecular formula is C25H20ClF2NO3. The van der Waals surface area contributed by atoms with Gasteiger partial charge in [-0.3, -0.25) is 4.90 Å². The van der Waals surface area contributed by atoms with Crippen molar-refractivity contribution in [2.24, 2.45) is 0 Å². The molecule has 1 atom stereocenters. The van der Waals surface area contributed by atoms with Crippen molar-refractivity contribution in [3.05, 3.63) is 112 Å². The molecule has 32 heavy (non-hydrogen) atoms. The van der Waals surface area contributed by atoms with E-state index in [1.165, 1.54) is 11.0 Å². The fourth-order valence-corrected chi connectivity index (χ4v) is 3.96. The fraction of sp³-hybridized carbons (Fsp3) is 0.160. The van der Waals surface area contributed by atoms with E-state index in [1.54, 1.807) is 24.3 Å². The summed E-state index contributed by atoms with van der Waals surface area (Å²) in [5, 5.41) is 0.416. The van der Waals surface area contributed by atoms with Crippen LogP contribution in [0.4, 0.5) is 13.6 Å². The van der Waals surface area contributed by atoms with E-state index in [4.69, 9.17) is 21.1 Å². The topological polar surface area (TPSA) is 38.8 Å². The zero-order chi connectivity index (χ0) is 22.7. The Morgan fingerprint density at radius 1 is 1.12 bits per heavy atom. The van der Waals surface area contributed by atoms with Gasteiger partial charge in [0, 0.05) is 16.1 Å². The molecule has 1 amide bonds. The molecule has 0 saturated heterocycles. The Kier molecular flexibility index (Phi) is 6.42. The number of amides is 1.